The van der Waals surface area contributed by atoms with Crippen molar-refractivity contribution in [3.63, 3.8) is 0 Å². The lowest BCUT2D eigenvalue weighted by molar-refractivity contribution is -0.131. The van der Waals surface area contributed by atoms with Crippen molar-refractivity contribution in [1.29, 1.82) is 0 Å². The van der Waals surface area contributed by atoms with E-state index >= 15 is 0 Å². The molecule has 0 unspecified atom stereocenters. The van der Waals surface area contributed by atoms with Crippen LogP contribution in [0.1, 0.15) is 24.8 Å². The van der Waals surface area contributed by atoms with Gasteiger partial charge in [-0.25, -0.2) is 8.42 Å². The monoisotopic (exact) mass is 487 g/mol. The Morgan fingerprint density at radius 1 is 1.09 bits per heavy atom. The normalized spacial score (nSPS) is 17.6. The molecule has 2 amide bonds. The highest BCUT2D eigenvalue weighted by molar-refractivity contribution is 7.89. The van der Waals surface area contributed by atoms with Gasteiger partial charge >= 0.3 is 0 Å². The van der Waals surface area contributed by atoms with E-state index in [2.05, 4.69) is 10.6 Å². The fraction of sp³-hybridized carbons (Fsp3) is 0.440. The zero-order chi connectivity index (χ0) is 24.4. The molecule has 0 radical (unpaired) electrons. The van der Waals surface area contributed by atoms with E-state index < -0.39 is 22.0 Å². The molecule has 1 fully saturated rings. The summed E-state index contributed by atoms with van der Waals surface area (Å²) in [7, 11) is -2.07. The van der Waals surface area contributed by atoms with Crippen LogP contribution >= 0.6 is 0 Å². The highest BCUT2D eigenvalue weighted by Gasteiger charge is 2.34. The average Bonchev–Trinajstić information content (AvgIpc) is 2.87. The molecule has 2 aromatic rings. The highest BCUT2D eigenvalue weighted by Crippen LogP contribution is 2.24. The Balaban J connectivity index is 1.67. The third kappa shape index (κ3) is 7.12. The summed E-state index contributed by atoms with van der Waals surface area (Å²) in [5, 5.41) is 5.74. The first kappa shape index (κ1) is 25.9. The van der Waals surface area contributed by atoms with Crippen LogP contribution in [0.5, 0.6) is 0 Å². The Morgan fingerprint density at radius 3 is 2.44 bits per heavy atom. The van der Waals surface area contributed by atoms with E-state index in [0.717, 1.165) is 5.56 Å². The minimum absolute atomic E-state index is 0.0938. The van der Waals surface area contributed by atoms with E-state index in [9.17, 15) is 18.0 Å². The summed E-state index contributed by atoms with van der Waals surface area (Å²) in [4.78, 5) is 26.2. The Hall–Kier alpha value is -2.75. The number of amides is 2. The minimum atomic E-state index is -3.68. The SMILES string of the molecule is COCCCNC(=O)[C@H](Cc1ccccc1)NC(=O)[C@H]1CCCN(S(=O)(=O)c2ccccc2)C1. The molecule has 2 N–H and O–H groups in total. The molecule has 2 atom stereocenters. The van der Waals surface area contributed by atoms with Crippen LogP contribution in [0.2, 0.25) is 0 Å². The molecule has 34 heavy (non-hydrogen) atoms. The van der Waals surface area contributed by atoms with Gasteiger partial charge in [0.2, 0.25) is 21.8 Å². The molecule has 1 heterocycles. The van der Waals surface area contributed by atoms with Crippen LogP contribution in [0.3, 0.4) is 0 Å². The third-order valence-corrected chi connectivity index (χ3v) is 7.76. The highest BCUT2D eigenvalue weighted by atomic mass is 32.2. The van der Waals surface area contributed by atoms with Crippen molar-refractivity contribution in [2.24, 2.45) is 5.92 Å². The Morgan fingerprint density at radius 2 is 1.76 bits per heavy atom. The zero-order valence-electron chi connectivity index (χ0n) is 19.5. The number of methoxy groups -OCH3 is 1. The number of nitrogens with zero attached hydrogens (tertiary/aromatic N) is 1. The van der Waals surface area contributed by atoms with Gasteiger partial charge in [0, 0.05) is 39.8 Å². The van der Waals surface area contributed by atoms with Crippen molar-refractivity contribution in [2.75, 3.05) is 33.4 Å². The molecule has 8 nitrogen and oxygen atoms in total. The van der Waals surface area contributed by atoms with Crippen LogP contribution < -0.4 is 10.6 Å². The third-order valence-electron chi connectivity index (χ3n) is 5.88. The number of hydrogen-bond acceptors (Lipinski definition) is 5. The molecule has 0 saturated carbocycles. The van der Waals surface area contributed by atoms with Gasteiger partial charge < -0.3 is 15.4 Å². The van der Waals surface area contributed by atoms with Crippen LogP contribution in [0.25, 0.3) is 0 Å². The van der Waals surface area contributed by atoms with Gasteiger partial charge in [0.25, 0.3) is 0 Å². The van der Waals surface area contributed by atoms with Gasteiger partial charge in [-0.05, 0) is 37.0 Å². The second kappa shape index (κ2) is 12.6. The van der Waals surface area contributed by atoms with E-state index in [1.165, 1.54) is 4.31 Å². The van der Waals surface area contributed by atoms with Crippen LogP contribution in [0, 0.1) is 5.92 Å². The lowest BCUT2D eigenvalue weighted by Gasteiger charge is -2.32. The second-order valence-corrected chi connectivity index (χ2v) is 10.3. The predicted molar refractivity (Wildman–Crippen MR) is 130 cm³/mol. The summed E-state index contributed by atoms with van der Waals surface area (Å²) in [6.45, 7) is 1.44. The maximum Gasteiger partial charge on any atom is 0.243 e. The fourth-order valence-corrected chi connectivity index (χ4v) is 5.56. The molecule has 9 heteroatoms. The summed E-state index contributed by atoms with van der Waals surface area (Å²) in [6.07, 6.45) is 2.17. The molecule has 0 aliphatic carbocycles. The maximum atomic E-state index is 13.2. The Bertz CT molecular complexity index is 1030. The molecular weight excluding hydrogens is 454 g/mol. The number of ether oxygens (including phenoxy) is 1. The number of benzene rings is 2. The molecule has 1 aliphatic heterocycles. The Labute approximate surface area is 201 Å². The van der Waals surface area contributed by atoms with E-state index in [4.69, 9.17) is 4.74 Å². The minimum Gasteiger partial charge on any atom is -0.385 e. The number of sulfonamides is 1. The molecule has 184 valence electrons. The number of nitrogens with one attached hydrogen (secondary N) is 2. The molecule has 0 spiro atoms. The lowest BCUT2D eigenvalue weighted by atomic mass is 9.97. The fourth-order valence-electron chi connectivity index (χ4n) is 4.02. The topological polar surface area (TPSA) is 105 Å². The summed E-state index contributed by atoms with van der Waals surface area (Å²) in [5.74, 6) is -1.09. The summed E-state index contributed by atoms with van der Waals surface area (Å²) in [5.41, 5.74) is 0.928. The molecule has 0 bridgehead atoms. The Kier molecular flexibility index (Phi) is 9.62. The maximum absolute atomic E-state index is 13.2. The standard InChI is InChI=1S/C25H33N3O5S/c1-33-17-9-15-26-25(30)23(18-20-10-4-2-5-11-20)27-24(29)21-12-8-16-28(19-21)34(31,32)22-13-6-3-7-14-22/h2-7,10-11,13-14,21,23H,8-9,12,15-19H2,1H3,(H,26,30)(H,27,29)/t21-,23-/m0/s1. The van der Waals surface area contributed by atoms with Crippen molar-refractivity contribution in [2.45, 2.75) is 36.6 Å². The second-order valence-electron chi connectivity index (χ2n) is 8.40. The first-order valence-electron chi connectivity index (χ1n) is 11.6. The molecule has 2 aromatic carbocycles. The van der Waals surface area contributed by atoms with Crippen LogP contribution in [0.4, 0.5) is 0 Å². The van der Waals surface area contributed by atoms with Crippen molar-refractivity contribution < 1.29 is 22.7 Å². The number of rotatable bonds is 11. The van der Waals surface area contributed by atoms with Gasteiger partial charge in [0.1, 0.15) is 6.04 Å². The average molecular weight is 488 g/mol. The van der Waals surface area contributed by atoms with E-state index in [1.54, 1.807) is 37.4 Å². The van der Waals surface area contributed by atoms with Gasteiger partial charge in [-0.3, -0.25) is 9.59 Å². The largest absolute Gasteiger partial charge is 0.385 e. The van der Waals surface area contributed by atoms with E-state index in [1.807, 2.05) is 30.3 Å². The molecule has 1 saturated heterocycles. The van der Waals surface area contributed by atoms with Crippen molar-refractivity contribution >= 4 is 21.8 Å². The lowest BCUT2D eigenvalue weighted by Crippen LogP contribution is -2.52. The van der Waals surface area contributed by atoms with Crippen molar-refractivity contribution in [3.8, 4) is 0 Å². The quantitative estimate of drug-likeness (QED) is 0.472. The van der Waals surface area contributed by atoms with Gasteiger partial charge in [0.05, 0.1) is 10.8 Å². The number of hydrogen-bond donors (Lipinski definition) is 2. The van der Waals surface area contributed by atoms with Gasteiger partial charge in [0.15, 0.2) is 0 Å². The molecule has 0 aromatic heterocycles. The number of carbonyl (C=O) groups excluding carboxylic acids is 2. The molecular formula is C25H33N3O5S. The first-order valence-corrected chi connectivity index (χ1v) is 13.0. The van der Waals surface area contributed by atoms with Crippen LogP contribution in [-0.4, -0.2) is 63.9 Å². The van der Waals surface area contributed by atoms with Gasteiger partial charge in [-0.15, -0.1) is 0 Å². The molecule has 3 rings (SSSR count). The summed E-state index contributed by atoms with van der Waals surface area (Å²) < 4.78 is 32.4. The smallest absolute Gasteiger partial charge is 0.243 e. The summed E-state index contributed by atoms with van der Waals surface area (Å²) in [6, 6.07) is 17.0. The first-order chi connectivity index (χ1) is 16.4. The molecule has 1 aliphatic rings. The van der Waals surface area contributed by atoms with Crippen LogP contribution in [0.15, 0.2) is 65.6 Å². The number of piperidine rings is 1. The van der Waals surface area contributed by atoms with Gasteiger partial charge in [-0.2, -0.15) is 4.31 Å². The van der Waals surface area contributed by atoms with Gasteiger partial charge in [-0.1, -0.05) is 48.5 Å². The zero-order valence-corrected chi connectivity index (χ0v) is 20.3. The van der Waals surface area contributed by atoms with Crippen molar-refractivity contribution in [3.05, 3.63) is 66.2 Å². The van der Waals surface area contributed by atoms with E-state index in [0.29, 0.717) is 45.4 Å². The van der Waals surface area contributed by atoms with Crippen LogP contribution in [-0.2, 0) is 30.8 Å². The number of carbonyl (C=O) groups is 2. The summed E-state index contributed by atoms with van der Waals surface area (Å²) >= 11 is 0. The van der Waals surface area contributed by atoms with Crippen molar-refractivity contribution in [1.82, 2.24) is 14.9 Å². The predicted octanol–water partition coefficient (Wildman–Crippen LogP) is 1.97. The van der Waals surface area contributed by atoms with E-state index in [-0.39, 0.29) is 23.3 Å².